The highest BCUT2D eigenvalue weighted by Crippen LogP contribution is 2.28. The Kier molecular flexibility index (Phi) is 3.52. The van der Waals surface area contributed by atoms with Crippen LogP contribution in [0, 0.1) is 0 Å². The van der Waals surface area contributed by atoms with Crippen molar-refractivity contribution in [1.82, 2.24) is 0 Å². The third kappa shape index (κ3) is 2.93. The number of nitrogens with two attached hydrogens (primary N) is 2. The normalized spacial score (nSPS) is 9.89. The second kappa shape index (κ2) is 5.27. The van der Waals surface area contributed by atoms with Crippen LogP contribution in [-0.2, 0) is 0 Å². The van der Waals surface area contributed by atoms with E-state index >= 15 is 0 Å². The minimum atomic E-state index is -0.833. The Labute approximate surface area is 110 Å². The van der Waals surface area contributed by atoms with E-state index in [0.29, 0.717) is 5.75 Å². The summed E-state index contributed by atoms with van der Waals surface area (Å²) in [6, 6.07) is 17.1. The van der Waals surface area contributed by atoms with Crippen molar-refractivity contribution in [3.63, 3.8) is 0 Å². The highest BCUT2D eigenvalue weighted by atomic mass is 16.3. The number of phenols is 1. The zero-order chi connectivity index (χ0) is 13.8. The minimum absolute atomic E-state index is 0.346. The molecule has 0 aromatic heterocycles. The van der Waals surface area contributed by atoms with E-state index in [9.17, 15) is 5.11 Å². The first-order valence-electron chi connectivity index (χ1n) is 5.73. The number of hydrogen-bond donors (Lipinski definition) is 3. The van der Waals surface area contributed by atoms with Crippen LogP contribution in [0.2, 0.25) is 0 Å². The molecule has 3 rings (SSSR count). The first kappa shape index (κ1) is 12.7. The number of phenolic OH excluding ortho intramolecular Hbond substituents is 1. The Morgan fingerprint density at radius 3 is 2.00 bits per heavy atom. The Morgan fingerprint density at radius 2 is 1.37 bits per heavy atom. The highest BCUT2D eigenvalue weighted by Gasteiger charge is 2.00. The number of fused-ring (bicyclic) bond motifs is 2. The SMILES string of the molecule is NC(N)=O.Oc1cccc2cc3ccccc3cc12. The zero-order valence-corrected chi connectivity index (χ0v) is 10.2. The molecule has 2 amide bonds. The third-order valence-electron chi connectivity index (χ3n) is 2.72. The van der Waals surface area contributed by atoms with Gasteiger partial charge in [-0.05, 0) is 34.4 Å². The monoisotopic (exact) mass is 254 g/mol. The molecule has 0 atom stereocenters. The minimum Gasteiger partial charge on any atom is -0.507 e. The van der Waals surface area contributed by atoms with Gasteiger partial charge in [0.15, 0.2) is 0 Å². The van der Waals surface area contributed by atoms with Crippen LogP contribution in [0.25, 0.3) is 21.5 Å². The summed E-state index contributed by atoms with van der Waals surface area (Å²) >= 11 is 0. The molecule has 3 aromatic carbocycles. The van der Waals surface area contributed by atoms with Gasteiger partial charge < -0.3 is 16.6 Å². The van der Waals surface area contributed by atoms with Gasteiger partial charge in [-0.1, -0.05) is 36.4 Å². The van der Waals surface area contributed by atoms with E-state index in [0.717, 1.165) is 16.2 Å². The first-order chi connectivity index (χ1) is 9.08. The molecule has 5 N–H and O–H groups in total. The first-order valence-corrected chi connectivity index (χ1v) is 5.73. The van der Waals surface area contributed by atoms with Gasteiger partial charge in [-0.2, -0.15) is 0 Å². The number of aromatic hydroxyl groups is 1. The number of primary amides is 2. The number of carbonyl (C=O) groups is 1. The Hall–Kier alpha value is -2.75. The number of carbonyl (C=O) groups excluding carboxylic acids is 1. The molecule has 0 heterocycles. The van der Waals surface area contributed by atoms with E-state index in [1.165, 1.54) is 5.39 Å². The molecule has 0 aliphatic carbocycles. The summed E-state index contributed by atoms with van der Waals surface area (Å²) in [7, 11) is 0. The summed E-state index contributed by atoms with van der Waals surface area (Å²) in [6.45, 7) is 0. The molecule has 0 saturated carbocycles. The molecule has 19 heavy (non-hydrogen) atoms. The lowest BCUT2D eigenvalue weighted by Gasteiger charge is -2.03. The van der Waals surface area contributed by atoms with Crippen LogP contribution in [-0.4, -0.2) is 11.1 Å². The Balaban J connectivity index is 0.000000297. The highest BCUT2D eigenvalue weighted by molar-refractivity contribution is 6.00. The van der Waals surface area contributed by atoms with Gasteiger partial charge in [0.1, 0.15) is 5.75 Å². The molecule has 0 bridgehead atoms. The molecule has 0 spiro atoms. The fourth-order valence-electron chi connectivity index (χ4n) is 1.95. The molecule has 3 aromatic rings. The maximum atomic E-state index is 9.73. The molecule has 0 unspecified atom stereocenters. The summed E-state index contributed by atoms with van der Waals surface area (Å²) in [5, 5.41) is 14.1. The van der Waals surface area contributed by atoms with Crippen molar-refractivity contribution in [2.45, 2.75) is 0 Å². The van der Waals surface area contributed by atoms with Gasteiger partial charge in [-0.15, -0.1) is 0 Å². The molecular weight excluding hydrogens is 240 g/mol. The summed E-state index contributed by atoms with van der Waals surface area (Å²) in [5.41, 5.74) is 8.50. The van der Waals surface area contributed by atoms with Crippen molar-refractivity contribution in [3.8, 4) is 5.75 Å². The maximum Gasteiger partial charge on any atom is 0.309 e. The zero-order valence-electron chi connectivity index (χ0n) is 10.2. The average molecular weight is 254 g/mol. The van der Waals surface area contributed by atoms with Gasteiger partial charge in [0, 0.05) is 5.39 Å². The van der Waals surface area contributed by atoms with E-state index in [-0.39, 0.29) is 0 Å². The topological polar surface area (TPSA) is 89.3 Å². The smallest absolute Gasteiger partial charge is 0.309 e. The quantitative estimate of drug-likeness (QED) is 0.538. The van der Waals surface area contributed by atoms with Crippen LogP contribution in [0.3, 0.4) is 0 Å². The van der Waals surface area contributed by atoms with Crippen molar-refractivity contribution in [2.75, 3.05) is 0 Å². The van der Waals surface area contributed by atoms with Crippen molar-refractivity contribution in [3.05, 3.63) is 54.6 Å². The summed E-state index contributed by atoms with van der Waals surface area (Å²) in [5.74, 6) is 0.346. The summed E-state index contributed by atoms with van der Waals surface area (Å²) < 4.78 is 0. The van der Waals surface area contributed by atoms with E-state index in [2.05, 4.69) is 29.7 Å². The van der Waals surface area contributed by atoms with E-state index in [1.54, 1.807) is 6.07 Å². The fourth-order valence-corrected chi connectivity index (χ4v) is 1.95. The maximum absolute atomic E-state index is 9.73. The van der Waals surface area contributed by atoms with Crippen molar-refractivity contribution in [1.29, 1.82) is 0 Å². The van der Waals surface area contributed by atoms with Gasteiger partial charge >= 0.3 is 6.03 Å². The van der Waals surface area contributed by atoms with Gasteiger partial charge in [-0.25, -0.2) is 4.79 Å². The van der Waals surface area contributed by atoms with E-state index in [4.69, 9.17) is 4.79 Å². The summed E-state index contributed by atoms with van der Waals surface area (Å²) in [6.07, 6.45) is 0. The number of hydrogen-bond acceptors (Lipinski definition) is 2. The molecular formula is C15H14N2O2. The lowest BCUT2D eigenvalue weighted by molar-refractivity contribution is 0.256. The van der Waals surface area contributed by atoms with Crippen LogP contribution >= 0.6 is 0 Å². The second-order valence-electron chi connectivity index (χ2n) is 4.10. The van der Waals surface area contributed by atoms with Gasteiger partial charge in [0.2, 0.25) is 0 Å². The van der Waals surface area contributed by atoms with Crippen molar-refractivity contribution in [2.24, 2.45) is 11.5 Å². The third-order valence-corrected chi connectivity index (χ3v) is 2.72. The largest absolute Gasteiger partial charge is 0.507 e. The number of urea groups is 1. The van der Waals surface area contributed by atoms with E-state index < -0.39 is 6.03 Å². The van der Waals surface area contributed by atoms with E-state index in [1.807, 2.05) is 30.3 Å². The fraction of sp³-hybridized carbons (Fsp3) is 0. The summed E-state index contributed by atoms with van der Waals surface area (Å²) in [4.78, 5) is 9.00. The molecule has 0 radical (unpaired) electrons. The molecule has 0 saturated heterocycles. The predicted molar refractivity (Wildman–Crippen MR) is 76.9 cm³/mol. The van der Waals surface area contributed by atoms with Crippen LogP contribution in [0.1, 0.15) is 0 Å². The van der Waals surface area contributed by atoms with Crippen LogP contribution in [0.15, 0.2) is 54.6 Å². The van der Waals surface area contributed by atoms with Crippen LogP contribution in [0.4, 0.5) is 4.79 Å². The lowest BCUT2D eigenvalue weighted by Crippen LogP contribution is -2.18. The van der Waals surface area contributed by atoms with Crippen LogP contribution < -0.4 is 11.5 Å². The average Bonchev–Trinajstić information content (AvgIpc) is 2.37. The van der Waals surface area contributed by atoms with Crippen molar-refractivity contribution >= 4 is 27.6 Å². The standard InChI is InChI=1S/C14H10O.CH4N2O/c15-14-7-3-6-12-8-10-4-1-2-5-11(10)9-13(12)14;2-1(3)4/h1-9,15H;(H4,2,3,4). The molecule has 96 valence electrons. The van der Waals surface area contributed by atoms with Crippen molar-refractivity contribution < 1.29 is 9.90 Å². The molecule has 0 aliphatic rings. The predicted octanol–water partition coefficient (Wildman–Crippen LogP) is 2.72. The molecule has 0 aliphatic heterocycles. The number of amides is 2. The van der Waals surface area contributed by atoms with Gasteiger partial charge in [-0.3, -0.25) is 0 Å². The Bertz CT molecular complexity index is 734. The molecule has 0 fully saturated rings. The van der Waals surface area contributed by atoms with Crippen LogP contribution in [0.5, 0.6) is 5.75 Å². The van der Waals surface area contributed by atoms with Gasteiger partial charge in [0.25, 0.3) is 0 Å². The van der Waals surface area contributed by atoms with Gasteiger partial charge in [0.05, 0.1) is 0 Å². The molecule has 4 nitrogen and oxygen atoms in total. The lowest BCUT2D eigenvalue weighted by atomic mass is 10.0. The molecule has 4 heteroatoms. The number of benzene rings is 3. The Morgan fingerprint density at radius 1 is 0.842 bits per heavy atom. The number of rotatable bonds is 0. The second-order valence-corrected chi connectivity index (χ2v) is 4.10.